The first-order valence-corrected chi connectivity index (χ1v) is 10.3. The van der Waals surface area contributed by atoms with E-state index >= 15 is 0 Å². The van der Waals surface area contributed by atoms with E-state index < -0.39 is 29.6 Å². The zero-order valence-corrected chi connectivity index (χ0v) is 17.7. The fourth-order valence-electron chi connectivity index (χ4n) is 3.12. The largest absolute Gasteiger partial charge is 0.480 e. The van der Waals surface area contributed by atoms with Crippen LogP contribution in [0.25, 0.3) is 10.2 Å². The van der Waals surface area contributed by atoms with Crippen LogP contribution in [0.4, 0.5) is 4.39 Å². The van der Waals surface area contributed by atoms with Gasteiger partial charge in [-0.1, -0.05) is 22.0 Å². The Morgan fingerprint density at radius 2 is 2.00 bits per heavy atom. The topological polar surface area (TPSA) is 99.1 Å². The van der Waals surface area contributed by atoms with Gasteiger partial charge >= 0.3 is 11.7 Å². The molecule has 4 aromatic rings. The predicted molar refractivity (Wildman–Crippen MR) is 113 cm³/mol. The summed E-state index contributed by atoms with van der Waals surface area (Å²) in [4.78, 5) is 42.4. The van der Waals surface area contributed by atoms with Gasteiger partial charge in [-0.3, -0.25) is 18.7 Å². The van der Waals surface area contributed by atoms with E-state index in [0.29, 0.717) is 11.0 Å². The lowest BCUT2D eigenvalue weighted by Crippen LogP contribution is -2.41. The molecule has 30 heavy (non-hydrogen) atoms. The molecule has 0 amide bonds. The van der Waals surface area contributed by atoms with E-state index in [0.717, 1.165) is 14.0 Å². The van der Waals surface area contributed by atoms with Crippen molar-refractivity contribution in [3.05, 3.63) is 84.6 Å². The van der Waals surface area contributed by atoms with Crippen molar-refractivity contribution in [2.24, 2.45) is 0 Å². The maximum absolute atomic E-state index is 14.3. The smallest absolute Gasteiger partial charge is 0.332 e. The molecule has 8 nitrogen and oxygen atoms in total. The number of carboxylic acids is 1. The number of thiophene rings is 1. The van der Waals surface area contributed by atoms with Crippen LogP contribution < -0.4 is 11.2 Å². The van der Waals surface area contributed by atoms with Crippen molar-refractivity contribution in [3.63, 3.8) is 0 Å². The molecule has 0 saturated heterocycles. The average Bonchev–Trinajstić information content (AvgIpc) is 3.34. The summed E-state index contributed by atoms with van der Waals surface area (Å²) in [5, 5.41) is 9.49. The zero-order valence-electron chi connectivity index (χ0n) is 15.3. The third-order valence-corrected chi connectivity index (χ3v) is 6.12. The molecule has 0 fully saturated rings. The third-order valence-electron chi connectivity index (χ3n) is 4.48. The number of aromatic nitrogens is 4. The number of fused-ring (bicyclic) bond motifs is 1. The molecule has 0 atom stereocenters. The number of benzene rings is 1. The molecule has 0 unspecified atom stereocenters. The van der Waals surface area contributed by atoms with Crippen LogP contribution >= 0.6 is 27.3 Å². The van der Waals surface area contributed by atoms with Crippen molar-refractivity contribution in [3.8, 4) is 0 Å². The Bertz CT molecular complexity index is 1370. The number of halogens is 2. The first-order valence-electron chi connectivity index (χ1n) is 8.71. The standard InChI is InChI=1S/C19H14BrFN4O4S/c20-12-2-1-11(15(21)5-12)7-24-17(28)14-6-13(8-23-4-3-22-10-23)30-18(14)25(19(24)29)9-16(26)27/h1-6,10H,7-9H2,(H,26,27). The van der Waals surface area contributed by atoms with E-state index in [1.807, 2.05) is 0 Å². The molecular weight excluding hydrogens is 479 g/mol. The number of hydrogen-bond donors (Lipinski definition) is 1. The molecule has 154 valence electrons. The van der Waals surface area contributed by atoms with Crippen molar-refractivity contribution in [2.75, 3.05) is 0 Å². The van der Waals surface area contributed by atoms with Gasteiger partial charge in [0.2, 0.25) is 0 Å². The van der Waals surface area contributed by atoms with Gasteiger partial charge < -0.3 is 9.67 Å². The monoisotopic (exact) mass is 492 g/mol. The van der Waals surface area contributed by atoms with Crippen molar-refractivity contribution in [1.82, 2.24) is 18.7 Å². The second kappa shape index (κ2) is 8.00. The van der Waals surface area contributed by atoms with Crippen LogP contribution in [-0.4, -0.2) is 29.8 Å². The molecule has 3 heterocycles. The van der Waals surface area contributed by atoms with Gasteiger partial charge in [-0.25, -0.2) is 14.2 Å². The molecule has 0 spiro atoms. The maximum Gasteiger partial charge on any atom is 0.332 e. The van der Waals surface area contributed by atoms with E-state index in [9.17, 15) is 23.9 Å². The van der Waals surface area contributed by atoms with E-state index in [-0.39, 0.29) is 22.3 Å². The Hall–Kier alpha value is -3.05. The van der Waals surface area contributed by atoms with E-state index in [2.05, 4.69) is 20.9 Å². The number of hydrogen-bond acceptors (Lipinski definition) is 5. The minimum Gasteiger partial charge on any atom is -0.480 e. The van der Waals surface area contributed by atoms with Gasteiger partial charge in [0.05, 0.1) is 24.8 Å². The molecule has 0 aliphatic carbocycles. The Labute approximate surface area is 180 Å². The van der Waals surface area contributed by atoms with Crippen LogP contribution in [0.15, 0.2) is 57.0 Å². The van der Waals surface area contributed by atoms with E-state index in [4.69, 9.17) is 0 Å². The number of nitrogens with zero attached hydrogens (tertiary/aromatic N) is 4. The van der Waals surface area contributed by atoms with Crippen molar-refractivity contribution >= 4 is 43.5 Å². The van der Waals surface area contributed by atoms with Crippen molar-refractivity contribution in [1.29, 1.82) is 0 Å². The predicted octanol–water partition coefficient (Wildman–Crippen LogP) is 2.50. The second-order valence-corrected chi connectivity index (χ2v) is 8.59. The fraction of sp³-hybridized carbons (Fsp3) is 0.158. The van der Waals surface area contributed by atoms with Crippen molar-refractivity contribution in [2.45, 2.75) is 19.6 Å². The quantitative estimate of drug-likeness (QED) is 0.445. The molecule has 0 saturated carbocycles. The number of carbonyl (C=O) groups is 1. The summed E-state index contributed by atoms with van der Waals surface area (Å²) < 4.78 is 18.5. The lowest BCUT2D eigenvalue weighted by atomic mass is 10.2. The second-order valence-electron chi connectivity index (χ2n) is 6.56. The summed E-state index contributed by atoms with van der Waals surface area (Å²) in [6, 6.07) is 5.94. The Morgan fingerprint density at radius 3 is 2.67 bits per heavy atom. The van der Waals surface area contributed by atoms with Gasteiger partial charge in [-0.05, 0) is 18.2 Å². The minimum absolute atomic E-state index is 0.146. The normalized spacial score (nSPS) is 11.3. The SMILES string of the molecule is O=C(O)Cn1c(=O)n(Cc2ccc(Br)cc2F)c(=O)c2cc(Cn3ccnc3)sc21. The summed E-state index contributed by atoms with van der Waals surface area (Å²) in [6.07, 6.45) is 4.99. The summed E-state index contributed by atoms with van der Waals surface area (Å²) in [5.41, 5.74) is -1.24. The Balaban J connectivity index is 1.88. The molecular formula is C19H14BrFN4O4S. The molecule has 1 aromatic carbocycles. The molecule has 3 aromatic heterocycles. The molecule has 0 aliphatic rings. The summed E-state index contributed by atoms with van der Waals surface area (Å²) in [7, 11) is 0. The van der Waals surface area contributed by atoms with Crippen LogP contribution in [0, 0.1) is 5.82 Å². The van der Waals surface area contributed by atoms with Crippen LogP contribution in [0.3, 0.4) is 0 Å². The molecule has 0 radical (unpaired) electrons. The highest BCUT2D eigenvalue weighted by atomic mass is 79.9. The van der Waals surface area contributed by atoms with Gasteiger partial charge in [0.15, 0.2) is 0 Å². The lowest BCUT2D eigenvalue weighted by molar-refractivity contribution is -0.137. The summed E-state index contributed by atoms with van der Waals surface area (Å²) in [6.45, 7) is -0.496. The van der Waals surface area contributed by atoms with Crippen LogP contribution in [0.1, 0.15) is 10.4 Å². The number of imidazole rings is 1. The highest BCUT2D eigenvalue weighted by Crippen LogP contribution is 2.23. The van der Waals surface area contributed by atoms with Gasteiger partial charge in [0.25, 0.3) is 5.56 Å². The minimum atomic E-state index is -1.22. The average molecular weight is 493 g/mol. The molecule has 0 bridgehead atoms. The summed E-state index contributed by atoms with van der Waals surface area (Å²) in [5.74, 6) is -1.80. The maximum atomic E-state index is 14.3. The summed E-state index contributed by atoms with van der Waals surface area (Å²) >= 11 is 4.33. The van der Waals surface area contributed by atoms with E-state index in [1.165, 1.54) is 23.5 Å². The van der Waals surface area contributed by atoms with Gasteiger partial charge in [-0.2, -0.15) is 0 Å². The molecule has 11 heteroatoms. The first kappa shape index (κ1) is 20.2. The highest BCUT2D eigenvalue weighted by molar-refractivity contribution is 9.10. The molecule has 4 rings (SSSR count). The zero-order chi connectivity index (χ0) is 21.4. The Kier molecular flexibility index (Phi) is 5.39. The number of rotatable bonds is 6. The number of carboxylic acid groups (broad SMARTS) is 1. The lowest BCUT2D eigenvalue weighted by Gasteiger charge is -2.11. The van der Waals surface area contributed by atoms with E-state index in [1.54, 1.807) is 35.4 Å². The fourth-order valence-corrected chi connectivity index (χ4v) is 4.60. The van der Waals surface area contributed by atoms with Crippen molar-refractivity contribution < 1.29 is 14.3 Å². The first-order chi connectivity index (χ1) is 14.3. The van der Waals surface area contributed by atoms with Crippen LogP contribution in [0.5, 0.6) is 0 Å². The molecule has 0 aliphatic heterocycles. The highest BCUT2D eigenvalue weighted by Gasteiger charge is 2.19. The Morgan fingerprint density at radius 1 is 1.20 bits per heavy atom. The number of aliphatic carboxylic acids is 1. The van der Waals surface area contributed by atoms with Gasteiger partial charge in [0, 0.05) is 27.3 Å². The third kappa shape index (κ3) is 3.85. The van der Waals surface area contributed by atoms with Crippen LogP contribution in [0.2, 0.25) is 0 Å². The van der Waals surface area contributed by atoms with Crippen LogP contribution in [-0.2, 0) is 24.4 Å². The van der Waals surface area contributed by atoms with Gasteiger partial charge in [0.1, 0.15) is 17.2 Å². The van der Waals surface area contributed by atoms with Gasteiger partial charge in [-0.15, -0.1) is 11.3 Å². The molecule has 1 N–H and O–H groups in total.